The third-order valence-corrected chi connectivity index (χ3v) is 4.32. The highest BCUT2D eigenvalue weighted by atomic mass is 35.5. The van der Waals surface area contributed by atoms with Gasteiger partial charge in [-0.05, 0) is 36.6 Å². The van der Waals surface area contributed by atoms with Gasteiger partial charge < -0.3 is 10.8 Å². The average Bonchev–Trinajstić information content (AvgIpc) is 2.49. The molecule has 3 N–H and O–H groups in total. The van der Waals surface area contributed by atoms with Gasteiger partial charge in [-0.2, -0.15) is 0 Å². The second-order valence-electron chi connectivity index (χ2n) is 5.33. The lowest BCUT2D eigenvalue weighted by Crippen LogP contribution is -2.46. The summed E-state index contributed by atoms with van der Waals surface area (Å²) in [5.74, 6) is -0.459. The van der Waals surface area contributed by atoms with E-state index >= 15 is 0 Å². The van der Waals surface area contributed by atoms with E-state index in [-0.39, 0.29) is 11.6 Å². The predicted molar refractivity (Wildman–Crippen MR) is 84.0 cm³/mol. The molecule has 4 heteroatoms. The molecule has 21 heavy (non-hydrogen) atoms. The van der Waals surface area contributed by atoms with Gasteiger partial charge in [-0.15, -0.1) is 0 Å². The molecule has 0 amide bonds. The second-order valence-corrected chi connectivity index (χ2v) is 5.73. The zero-order valence-electron chi connectivity index (χ0n) is 11.9. The molecule has 2 nitrogen and oxygen atoms in total. The van der Waals surface area contributed by atoms with E-state index in [0.29, 0.717) is 6.42 Å². The predicted octanol–water partition coefficient (Wildman–Crippen LogP) is 3.30. The summed E-state index contributed by atoms with van der Waals surface area (Å²) >= 11 is 5.72. The molecular weight excluding hydrogens is 289 g/mol. The third kappa shape index (κ3) is 3.26. The van der Waals surface area contributed by atoms with Crippen molar-refractivity contribution in [3.05, 3.63) is 70.5 Å². The van der Waals surface area contributed by atoms with Crippen LogP contribution in [-0.2, 0) is 11.8 Å². The summed E-state index contributed by atoms with van der Waals surface area (Å²) in [6.45, 7) is 1.98. The van der Waals surface area contributed by atoms with Crippen LogP contribution < -0.4 is 5.73 Å². The summed E-state index contributed by atoms with van der Waals surface area (Å²) in [5.41, 5.74) is 7.02. The molecule has 0 saturated carbocycles. The van der Waals surface area contributed by atoms with E-state index in [0.717, 1.165) is 11.1 Å². The largest absolute Gasteiger partial charge is 0.392 e. The van der Waals surface area contributed by atoms with E-state index < -0.39 is 17.3 Å². The van der Waals surface area contributed by atoms with Gasteiger partial charge >= 0.3 is 0 Å². The first-order valence-electron chi connectivity index (χ1n) is 6.87. The van der Waals surface area contributed by atoms with Crippen LogP contribution in [0, 0.1) is 5.82 Å². The highest BCUT2D eigenvalue weighted by molar-refractivity contribution is 6.30. The molecule has 2 atom stereocenters. The van der Waals surface area contributed by atoms with E-state index in [4.69, 9.17) is 17.3 Å². The molecule has 0 aliphatic rings. The van der Waals surface area contributed by atoms with Crippen molar-refractivity contribution in [2.45, 2.75) is 24.9 Å². The summed E-state index contributed by atoms with van der Waals surface area (Å²) in [5, 5.41) is 10.4. The third-order valence-electron chi connectivity index (χ3n) is 4.02. The molecule has 2 unspecified atom stereocenters. The fraction of sp³-hybridized carbons (Fsp3) is 0.294. The summed E-state index contributed by atoms with van der Waals surface area (Å²) in [6, 6.07) is 14.3. The lowest BCUT2D eigenvalue weighted by atomic mass is 9.72. The maximum atomic E-state index is 13.6. The van der Waals surface area contributed by atoms with E-state index in [1.54, 1.807) is 13.0 Å². The minimum atomic E-state index is -0.663. The van der Waals surface area contributed by atoms with Crippen LogP contribution in [0.3, 0.4) is 0 Å². The smallest absolute Gasteiger partial charge is 0.142 e. The number of aliphatic hydroxyl groups is 1. The lowest BCUT2D eigenvalue weighted by molar-refractivity contribution is 0.100. The molecular formula is C17H19ClFNO. The Bertz CT molecular complexity index is 603. The van der Waals surface area contributed by atoms with Crippen LogP contribution in [-0.4, -0.2) is 17.8 Å². The van der Waals surface area contributed by atoms with Gasteiger partial charge in [0.1, 0.15) is 5.82 Å². The molecule has 2 rings (SSSR count). The summed E-state index contributed by atoms with van der Waals surface area (Å²) in [7, 11) is 0. The molecule has 112 valence electrons. The molecule has 0 aliphatic carbocycles. The Morgan fingerprint density at radius 3 is 2.43 bits per heavy atom. The first kappa shape index (κ1) is 16.0. The van der Waals surface area contributed by atoms with Gasteiger partial charge in [0.25, 0.3) is 0 Å². The number of halogens is 2. The zero-order chi connectivity index (χ0) is 15.5. The van der Waals surface area contributed by atoms with Gasteiger partial charge in [0.2, 0.25) is 0 Å². The second kappa shape index (κ2) is 6.56. The Morgan fingerprint density at radius 1 is 1.24 bits per heavy atom. The van der Waals surface area contributed by atoms with Gasteiger partial charge in [0, 0.05) is 12.0 Å². The number of nitrogens with two attached hydrogens (primary N) is 1. The minimum Gasteiger partial charge on any atom is -0.392 e. The van der Waals surface area contributed by atoms with Crippen LogP contribution in [0.25, 0.3) is 0 Å². The van der Waals surface area contributed by atoms with Gasteiger partial charge in [0.15, 0.2) is 0 Å². The van der Waals surface area contributed by atoms with Gasteiger partial charge in [-0.1, -0.05) is 48.0 Å². The van der Waals surface area contributed by atoms with E-state index in [2.05, 4.69) is 0 Å². The molecule has 0 fully saturated rings. The first-order chi connectivity index (χ1) is 9.99. The van der Waals surface area contributed by atoms with Crippen LogP contribution in [0.5, 0.6) is 0 Å². The monoisotopic (exact) mass is 307 g/mol. The highest BCUT2D eigenvalue weighted by Gasteiger charge is 2.36. The van der Waals surface area contributed by atoms with Crippen molar-refractivity contribution in [3.63, 3.8) is 0 Å². The number of rotatable bonds is 5. The van der Waals surface area contributed by atoms with Crippen molar-refractivity contribution >= 4 is 11.6 Å². The molecule has 0 heterocycles. The van der Waals surface area contributed by atoms with E-state index in [1.807, 2.05) is 30.3 Å². The van der Waals surface area contributed by atoms with E-state index in [1.165, 1.54) is 12.1 Å². The fourth-order valence-electron chi connectivity index (χ4n) is 2.64. The number of hydrogen-bond donors (Lipinski definition) is 2. The molecule has 0 aromatic heterocycles. The van der Waals surface area contributed by atoms with Crippen LogP contribution >= 0.6 is 11.6 Å². The fourth-order valence-corrected chi connectivity index (χ4v) is 2.75. The quantitative estimate of drug-likeness (QED) is 0.890. The normalized spacial score (nSPS) is 15.5. The van der Waals surface area contributed by atoms with Crippen LogP contribution in [0.2, 0.25) is 5.02 Å². The molecule has 0 spiro atoms. The van der Waals surface area contributed by atoms with Crippen molar-refractivity contribution < 1.29 is 9.50 Å². The SMILES string of the molecule is CC(O)C(CN)(Cc1ccc(Cl)c(F)c1)c1ccccc1. The Hall–Kier alpha value is -1.42. The van der Waals surface area contributed by atoms with Crippen molar-refractivity contribution in [1.29, 1.82) is 0 Å². The molecule has 2 aromatic carbocycles. The maximum Gasteiger partial charge on any atom is 0.142 e. The average molecular weight is 308 g/mol. The van der Waals surface area contributed by atoms with Gasteiger partial charge in [-0.3, -0.25) is 0 Å². The summed E-state index contributed by atoms with van der Waals surface area (Å²) < 4.78 is 13.6. The van der Waals surface area contributed by atoms with Gasteiger partial charge in [-0.25, -0.2) is 4.39 Å². The van der Waals surface area contributed by atoms with Crippen LogP contribution in [0.4, 0.5) is 4.39 Å². The maximum absolute atomic E-state index is 13.6. The molecule has 0 saturated heterocycles. The Labute approximate surface area is 129 Å². The molecule has 2 aromatic rings. The Balaban J connectivity index is 2.43. The van der Waals surface area contributed by atoms with Crippen molar-refractivity contribution in [3.8, 4) is 0 Å². The van der Waals surface area contributed by atoms with E-state index in [9.17, 15) is 9.50 Å². The zero-order valence-corrected chi connectivity index (χ0v) is 12.6. The highest BCUT2D eigenvalue weighted by Crippen LogP contribution is 2.32. The first-order valence-corrected chi connectivity index (χ1v) is 7.25. The Morgan fingerprint density at radius 2 is 1.90 bits per heavy atom. The molecule has 0 radical (unpaired) electrons. The van der Waals surface area contributed by atoms with Crippen molar-refractivity contribution in [2.75, 3.05) is 6.54 Å². The van der Waals surface area contributed by atoms with Crippen LogP contribution in [0.15, 0.2) is 48.5 Å². The standard InChI is InChI=1S/C17H19ClFNO/c1-12(21)17(11-20,14-5-3-2-4-6-14)10-13-7-8-15(18)16(19)9-13/h2-9,12,21H,10-11,20H2,1H3. The van der Waals surface area contributed by atoms with Crippen molar-refractivity contribution in [1.82, 2.24) is 0 Å². The van der Waals surface area contributed by atoms with Crippen molar-refractivity contribution in [2.24, 2.45) is 5.73 Å². The summed E-state index contributed by atoms with van der Waals surface area (Å²) in [4.78, 5) is 0. The lowest BCUT2D eigenvalue weighted by Gasteiger charge is -2.36. The number of hydrogen-bond acceptors (Lipinski definition) is 2. The molecule has 0 aliphatic heterocycles. The Kier molecular flexibility index (Phi) is 4.99. The number of benzene rings is 2. The summed E-state index contributed by atoms with van der Waals surface area (Å²) in [6.07, 6.45) is -0.220. The minimum absolute atomic E-state index is 0.0915. The molecule has 0 bridgehead atoms. The number of aliphatic hydroxyl groups excluding tert-OH is 1. The van der Waals surface area contributed by atoms with Crippen LogP contribution in [0.1, 0.15) is 18.1 Å². The topological polar surface area (TPSA) is 46.2 Å². The van der Waals surface area contributed by atoms with Gasteiger partial charge in [0.05, 0.1) is 11.1 Å².